The van der Waals surface area contributed by atoms with Crippen molar-refractivity contribution < 1.29 is 22.3 Å². The van der Waals surface area contributed by atoms with E-state index in [1.165, 1.54) is 34.1 Å². The van der Waals surface area contributed by atoms with Gasteiger partial charge in [0.1, 0.15) is 11.6 Å². The molecule has 2 fully saturated rings. The van der Waals surface area contributed by atoms with Crippen LogP contribution in [0.25, 0.3) is 0 Å². The molecule has 0 bridgehead atoms. The molecular formula is C18H17FN2O4S. The van der Waals surface area contributed by atoms with E-state index in [0.29, 0.717) is 17.1 Å². The lowest BCUT2D eigenvalue weighted by Gasteiger charge is -2.22. The van der Waals surface area contributed by atoms with Crippen LogP contribution >= 0.6 is 0 Å². The molecule has 0 spiro atoms. The molecule has 0 saturated carbocycles. The highest BCUT2D eigenvalue weighted by molar-refractivity contribution is 7.91. The van der Waals surface area contributed by atoms with E-state index in [-0.39, 0.29) is 17.5 Å². The van der Waals surface area contributed by atoms with Crippen molar-refractivity contribution in [3.8, 4) is 5.75 Å². The SMILES string of the molecule is COc1ccc(N2C(=O)N(c3ccc(F)cc3)[C@H]3CS(=O)(=O)C[C@H]32)cc1. The summed E-state index contributed by atoms with van der Waals surface area (Å²) >= 11 is 0. The van der Waals surface area contributed by atoms with E-state index in [4.69, 9.17) is 4.74 Å². The number of carbonyl (C=O) groups excluding carboxylic acids is 1. The van der Waals surface area contributed by atoms with Crippen molar-refractivity contribution in [3.05, 3.63) is 54.3 Å². The molecule has 6 nitrogen and oxygen atoms in total. The van der Waals surface area contributed by atoms with Crippen LogP contribution in [0, 0.1) is 5.82 Å². The largest absolute Gasteiger partial charge is 0.497 e. The summed E-state index contributed by atoms with van der Waals surface area (Å²) in [5.74, 6) is 0.0370. The molecule has 4 rings (SSSR count). The number of carbonyl (C=O) groups is 1. The molecule has 2 saturated heterocycles. The lowest BCUT2D eigenvalue weighted by molar-refractivity contribution is 0.255. The predicted molar refractivity (Wildman–Crippen MR) is 96.0 cm³/mol. The summed E-state index contributed by atoms with van der Waals surface area (Å²) < 4.78 is 42.8. The fraction of sp³-hybridized carbons (Fsp3) is 0.278. The number of rotatable bonds is 3. The first-order chi connectivity index (χ1) is 12.4. The van der Waals surface area contributed by atoms with Crippen LogP contribution < -0.4 is 14.5 Å². The normalized spacial score (nSPS) is 24.0. The van der Waals surface area contributed by atoms with Crippen molar-refractivity contribution in [3.63, 3.8) is 0 Å². The Labute approximate surface area is 150 Å². The van der Waals surface area contributed by atoms with E-state index < -0.39 is 27.7 Å². The van der Waals surface area contributed by atoms with E-state index in [1.54, 1.807) is 31.4 Å². The van der Waals surface area contributed by atoms with Crippen LogP contribution in [0.2, 0.25) is 0 Å². The van der Waals surface area contributed by atoms with E-state index in [2.05, 4.69) is 0 Å². The number of hydrogen-bond donors (Lipinski definition) is 0. The van der Waals surface area contributed by atoms with Crippen LogP contribution in [0.5, 0.6) is 5.75 Å². The number of hydrogen-bond acceptors (Lipinski definition) is 4. The predicted octanol–water partition coefficient (Wildman–Crippen LogP) is 2.45. The Balaban J connectivity index is 1.77. The van der Waals surface area contributed by atoms with Crippen molar-refractivity contribution in [2.45, 2.75) is 12.1 Å². The maximum absolute atomic E-state index is 13.3. The molecule has 2 atom stereocenters. The summed E-state index contributed by atoms with van der Waals surface area (Å²) in [5, 5.41) is 0. The van der Waals surface area contributed by atoms with Gasteiger partial charge >= 0.3 is 6.03 Å². The van der Waals surface area contributed by atoms with Gasteiger partial charge in [-0.15, -0.1) is 0 Å². The monoisotopic (exact) mass is 376 g/mol. The van der Waals surface area contributed by atoms with E-state index in [9.17, 15) is 17.6 Å². The Bertz CT molecular complexity index is 944. The topological polar surface area (TPSA) is 66.9 Å². The number of anilines is 2. The second-order valence-corrected chi connectivity index (χ2v) is 8.56. The summed E-state index contributed by atoms with van der Waals surface area (Å²) in [5.41, 5.74) is 1.09. The van der Waals surface area contributed by atoms with Crippen molar-refractivity contribution in [1.82, 2.24) is 0 Å². The van der Waals surface area contributed by atoms with E-state index in [1.807, 2.05) is 0 Å². The minimum absolute atomic E-state index is 0.0901. The van der Waals surface area contributed by atoms with Crippen LogP contribution in [-0.4, -0.2) is 45.1 Å². The second-order valence-electron chi connectivity index (χ2n) is 6.41. The first kappa shape index (κ1) is 16.8. The third-order valence-corrected chi connectivity index (χ3v) is 6.52. The molecule has 2 aliphatic rings. The van der Waals surface area contributed by atoms with Crippen LogP contribution in [0.4, 0.5) is 20.6 Å². The summed E-state index contributed by atoms with van der Waals surface area (Å²) in [6, 6.07) is 11.1. The highest BCUT2D eigenvalue weighted by atomic mass is 32.2. The smallest absolute Gasteiger partial charge is 0.329 e. The van der Waals surface area contributed by atoms with Gasteiger partial charge in [0.2, 0.25) is 0 Å². The minimum atomic E-state index is -3.27. The third kappa shape index (κ3) is 2.70. The summed E-state index contributed by atoms with van der Waals surface area (Å²) in [7, 11) is -1.72. The fourth-order valence-electron chi connectivity index (χ4n) is 3.65. The molecule has 0 radical (unpaired) electrons. The summed E-state index contributed by atoms with van der Waals surface area (Å²) in [4.78, 5) is 16.1. The van der Waals surface area contributed by atoms with Gasteiger partial charge in [-0.25, -0.2) is 17.6 Å². The maximum Gasteiger partial charge on any atom is 0.329 e. The first-order valence-corrected chi connectivity index (χ1v) is 9.94. The Hall–Kier alpha value is -2.61. The zero-order chi connectivity index (χ0) is 18.5. The number of ether oxygens (including phenoxy) is 1. The second kappa shape index (κ2) is 5.98. The van der Waals surface area contributed by atoms with Gasteiger partial charge in [-0.3, -0.25) is 9.80 Å². The summed E-state index contributed by atoms with van der Waals surface area (Å²) in [6.45, 7) is 0. The highest BCUT2D eigenvalue weighted by Gasteiger charge is 2.54. The van der Waals surface area contributed by atoms with Gasteiger partial charge in [0.25, 0.3) is 0 Å². The van der Waals surface area contributed by atoms with Crippen molar-refractivity contribution in [2.24, 2.45) is 0 Å². The highest BCUT2D eigenvalue weighted by Crippen LogP contribution is 2.38. The molecular weight excluding hydrogens is 359 g/mol. The Morgan fingerprint density at radius 2 is 1.38 bits per heavy atom. The first-order valence-electron chi connectivity index (χ1n) is 8.12. The van der Waals surface area contributed by atoms with Crippen LogP contribution in [-0.2, 0) is 9.84 Å². The number of amides is 2. The average molecular weight is 376 g/mol. The average Bonchev–Trinajstić information content (AvgIpc) is 3.05. The molecule has 2 aromatic carbocycles. The van der Waals surface area contributed by atoms with Gasteiger partial charge in [0.15, 0.2) is 9.84 Å². The van der Waals surface area contributed by atoms with Gasteiger partial charge in [-0.05, 0) is 48.5 Å². The van der Waals surface area contributed by atoms with Gasteiger partial charge < -0.3 is 4.74 Å². The molecule has 0 N–H and O–H groups in total. The van der Waals surface area contributed by atoms with Crippen LogP contribution in [0.15, 0.2) is 48.5 Å². The van der Waals surface area contributed by atoms with E-state index in [0.717, 1.165) is 0 Å². The Morgan fingerprint density at radius 1 is 0.923 bits per heavy atom. The molecule has 2 aromatic rings. The molecule has 0 aromatic heterocycles. The molecule has 8 heteroatoms. The number of benzene rings is 2. The number of methoxy groups -OCH3 is 1. The van der Waals surface area contributed by atoms with E-state index >= 15 is 0 Å². The molecule has 26 heavy (non-hydrogen) atoms. The molecule has 136 valence electrons. The molecule has 2 aliphatic heterocycles. The third-order valence-electron chi connectivity index (χ3n) is 4.82. The quantitative estimate of drug-likeness (QED) is 0.772. The van der Waals surface area contributed by atoms with Gasteiger partial charge in [-0.1, -0.05) is 0 Å². The maximum atomic E-state index is 13.3. The molecule has 2 amide bonds. The van der Waals surface area contributed by atoms with Gasteiger partial charge in [0.05, 0.1) is 30.7 Å². The standard InChI is InChI=1S/C18H17FN2O4S/c1-25-15-8-6-14(7-9-15)21-17-11-26(23,24)10-16(17)20(18(21)22)13-4-2-12(19)3-5-13/h2-9,16-17H,10-11H2,1H3/t16-,17+/m0/s1. The zero-order valence-corrected chi connectivity index (χ0v) is 14.8. The lowest BCUT2D eigenvalue weighted by Crippen LogP contribution is -2.37. The van der Waals surface area contributed by atoms with Crippen molar-refractivity contribution >= 4 is 27.2 Å². The molecule has 0 aliphatic carbocycles. The number of fused-ring (bicyclic) bond motifs is 1. The van der Waals surface area contributed by atoms with Gasteiger partial charge in [-0.2, -0.15) is 0 Å². The zero-order valence-electron chi connectivity index (χ0n) is 14.0. The van der Waals surface area contributed by atoms with Gasteiger partial charge in [0, 0.05) is 11.4 Å². The fourth-order valence-corrected chi connectivity index (χ4v) is 5.57. The number of sulfone groups is 1. The Kier molecular flexibility index (Phi) is 3.87. The van der Waals surface area contributed by atoms with Crippen LogP contribution in [0.1, 0.15) is 0 Å². The number of urea groups is 1. The minimum Gasteiger partial charge on any atom is -0.497 e. The number of halogens is 1. The lowest BCUT2D eigenvalue weighted by atomic mass is 10.1. The molecule has 2 heterocycles. The van der Waals surface area contributed by atoms with Crippen molar-refractivity contribution in [2.75, 3.05) is 28.4 Å². The van der Waals surface area contributed by atoms with Crippen molar-refractivity contribution in [1.29, 1.82) is 0 Å². The Morgan fingerprint density at radius 3 is 1.85 bits per heavy atom. The summed E-state index contributed by atoms with van der Waals surface area (Å²) in [6.07, 6.45) is 0. The van der Waals surface area contributed by atoms with Crippen LogP contribution in [0.3, 0.4) is 0 Å². The number of nitrogens with zero attached hydrogens (tertiary/aromatic N) is 2. The molecule has 0 unspecified atom stereocenters.